The van der Waals surface area contributed by atoms with Crippen LogP contribution in [0.15, 0.2) is 53.4 Å². The molecule has 0 spiro atoms. The Labute approximate surface area is 81.8 Å². The molecule has 1 aliphatic carbocycles. The van der Waals surface area contributed by atoms with Crippen molar-refractivity contribution in [3.05, 3.63) is 64.4 Å². The van der Waals surface area contributed by atoms with Crippen LogP contribution >= 0.6 is 0 Å². The number of aromatic hydroxyl groups is 1. The van der Waals surface area contributed by atoms with E-state index >= 15 is 0 Å². The van der Waals surface area contributed by atoms with Crippen molar-refractivity contribution in [2.24, 2.45) is 0 Å². The summed E-state index contributed by atoms with van der Waals surface area (Å²) in [7, 11) is 0. The number of hydrogen-bond acceptors (Lipinski definition) is 2. The average molecular weight is 186 g/mol. The molecule has 0 saturated carbocycles. The molecule has 1 aromatic rings. The summed E-state index contributed by atoms with van der Waals surface area (Å²) in [5, 5.41) is 9.20. The molecule has 1 N–H and O–H groups in total. The van der Waals surface area contributed by atoms with Crippen LogP contribution in [0.5, 0.6) is 5.75 Å². The molecule has 0 amide bonds. The van der Waals surface area contributed by atoms with E-state index in [0.717, 1.165) is 5.56 Å². The van der Waals surface area contributed by atoms with Crippen LogP contribution in [-0.2, 0) is 0 Å². The first-order chi connectivity index (χ1) is 6.77. The van der Waals surface area contributed by atoms with Gasteiger partial charge in [0, 0.05) is 5.92 Å². The van der Waals surface area contributed by atoms with Crippen molar-refractivity contribution >= 4 is 0 Å². The molecule has 0 heterocycles. The van der Waals surface area contributed by atoms with Crippen LogP contribution in [0, 0.1) is 0 Å². The number of hydrogen-bond donors (Lipinski definition) is 1. The van der Waals surface area contributed by atoms with Gasteiger partial charge >= 0.3 is 0 Å². The minimum atomic E-state index is -0.345. The lowest BCUT2D eigenvalue weighted by Crippen LogP contribution is -1.91. The van der Waals surface area contributed by atoms with Gasteiger partial charge in [0.25, 0.3) is 0 Å². The number of rotatable bonds is 1. The molecule has 14 heavy (non-hydrogen) atoms. The van der Waals surface area contributed by atoms with Crippen molar-refractivity contribution in [1.29, 1.82) is 0 Å². The Kier molecular flexibility index (Phi) is 2.19. The van der Waals surface area contributed by atoms with Gasteiger partial charge in [-0.25, -0.2) is 0 Å². The minimum absolute atomic E-state index is 0.206. The molecular formula is C12H10O2. The van der Waals surface area contributed by atoms with Crippen LogP contribution in [0.2, 0.25) is 0 Å². The molecule has 0 aromatic heterocycles. The second-order valence-electron chi connectivity index (χ2n) is 3.21. The lowest BCUT2D eigenvalue weighted by Gasteiger charge is -2.01. The Balaban J connectivity index is 2.47. The third-order valence-electron chi connectivity index (χ3n) is 2.25. The van der Waals surface area contributed by atoms with Crippen molar-refractivity contribution in [3.63, 3.8) is 0 Å². The van der Waals surface area contributed by atoms with Gasteiger partial charge in [-0.15, -0.1) is 0 Å². The topological polar surface area (TPSA) is 37.3 Å². The summed E-state index contributed by atoms with van der Waals surface area (Å²) in [6.45, 7) is 0. The second kappa shape index (κ2) is 3.50. The smallest absolute Gasteiger partial charge is 0.220 e. The molecule has 70 valence electrons. The van der Waals surface area contributed by atoms with Crippen molar-refractivity contribution in [1.82, 2.24) is 0 Å². The highest BCUT2D eigenvalue weighted by Gasteiger charge is 2.05. The summed E-state index contributed by atoms with van der Waals surface area (Å²) in [5.74, 6) is 0.0170. The molecule has 2 rings (SSSR count). The molecule has 0 radical (unpaired) electrons. The maximum atomic E-state index is 11.1. The lowest BCUT2D eigenvalue weighted by atomic mass is 10.0. The quantitative estimate of drug-likeness (QED) is 0.728. The van der Waals surface area contributed by atoms with Gasteiger partial charge in [-0.2, -0.15) is 0 Å². The highest BCUT2D eigenvalue weighted by atomic mass is 16.3. The fourth-order valence-electron chi connectivity index (χ4n) is 1.45. The molecule has 1 aliphatic rings. The zero-order chi connectivity index (χ0) is 9.97. The molecule has 0 bridgehead atoms. The largest absolute Gasteiger partial charge is 0.504 e. The first-order valence-corrected chi connectivity index (χ1v) is 4.45. The van der Waals surface area contributed by atoms with Gasteiger partial charge in [0.1, 0.15) is 0 Å². The molecule has 0 atom stereocenters. The standard InChI is InChI=1S/C12H10O2/c13-11-7-5-10(6-8-12(11)14)9-3-1-2-4-9/h1-9H,(H,13,14). The molecule has 2 nitrogen and oxygen atoms in total. The molecule has 0 aliphatic heterocycles. The zero-order valence-corrected chi connectivity index (χ0v) is 7.55. The molecule has 2 heteroatoms. The van der Waals surface area contributed by atoms with Crippen LogP contribution in [0.4, 0.5) is 0 Å². The summed E-state index contributed by atoms with van der Waals surface area (Å²) < 4.78 is 0. The summed E-state index contributed by atoms with van der Waals surface area (Å²) in [6.07, 6.45) is 8.01. The molecule has 0 unspecified atom stereocenters. The first-order valence-electron chi connectivity index (χ1n) is 4.45. The van der Waals surface area contributed by atoms with Crippen LogP contribution in [0.1, 0.15) is 11.5 Å². The van der Waals surface area contributed by atoms with E-state index in [4.69, 9.17) is 0 Å². The van der Waals surface area contributed by atoms with E-state index in [2.05, 4.69) is 0 Å². The lowest BCUT2D eigenvalue weighted by molar-refractivity contribution is 0.471. The summed E-state index contributed by atoms with van der Waals surface area (Å²) in [5.41, 5.74) is 0.662. The maximum absolute atomic E-state index is 11.1. The predicted octanol–water partition coefficient (Wildman–Crippen LogP) is 1.96. The minimum Gasteiger partial charge on any atom is -0.504 e. The van der Waals surface area contributed by atoms with Crippen molar-refractivity contribution in [2.75, 3.05) is 0 Å². The summed E-state index contributed by atoms with van der Waals surface area (Å²) >= 11 is 0. The van der Waals surface area contributed by atoms with Crippen molar-refractivity contribution in [2.45, 2.75) is 5.92 Å². The Morgan fingerprint density at radius 3 is 2.36 bits per heavy atom. The van der Waals surface area contributed by atoms with E-state index in [1.807, 2.05) is 24.3 Å². The fourth-order valence-corrected chi connectivity index (χ4v) is 1.45. The normalized spacial score (nSPS) is 14.9. The SMILES string of the molecule is O=c1ccc(C2C=CC=C2)ccc1O. The van der Waals surface area contributed by atoms with E-state index < -0.39 is 0 Å². The van der Waals surface area contributed by atoms with Gasteiger partial charge in [-0.3, -0.25) is 4.79 Å². The van der Waals surface area contributed by atoms with E-state index in [0.29, 0.717) is 0 Å². The second-order valence-corrected chi connectivity index (χ2v) is 3.21. The van der Waals surface area contributed by atoms with Gasteiger partial charge in [0.05, 0.1) is 0 Å². The average Bonchev–Trinajstić information content (AvgIpc) is 2.65. The molecular weight excluding hydrogens is 176 g/mol. The summed E-state index contributed by atoms with van der Waals surface area (Å²) in [4.78, 5) is 11.1. The Morgan fingerprint density at radius 2 is 1.64 bits per heavy atom. The summed E-state index contributed by atoms with van der Waals surface area (Å²) in [6, 6.07) is 6.34. The first kappa shape index (κ1) is 8.75. The maximum Gasteiger partial charge on any atom is 0.220 e. The van der Waals surface area contributed by atoms with Crippen LogP contribution < -0.4 is 5.43 Å². The van der Waals surface area contributed by atoms with Crippen molar-refractivity contribution < 1.29 is 5.11 Å². The van der Waals surface area contributed by atoms with Crippen LogP contribution in [-0.4, -0.2) is 5.11 Å². The van der Waals surface area contributed by atoms with E-state index in [1.165, 1.54) is 12.1 Å². The van der Waals surface area contributed by atoms with Gasteiger partial charge < -0.3 is 5.11 Å². The Hall–Kier alpha value is -1.83. The van der Waals surface area contributed by atoms with Gasteiger partial charge in [-0.05, 0) is 17.7 Å². The van der Waals surface area contributed by atoms with Crippen molar-refractivity contribution in [3.8, 4) is 5.75 Å². The molecule has 0 saturated heterocycles. The fraction of sp³-hybridized carbons (Fsp3) is 0.0833. The van der Waals surface area contributed by atoms with E-state index in [1.54, 1.807) is 12.1 Å². The van der Waals surface area contributed by atoms with E-state index in [-0.39, 0.29) is 17.1 Å². The van der Waals surface area contributed by atoms with Gasteiger partial charge in [0.2, 0.25) is 5.43 Å². The third kappa shape index (κ3) is 1.59. The molecule has 1 aromatic carbocycles. The number of allylic oxidation sites excluding steroid dienone is 4. The third-order valence-corrected chi connectivity index (χ3v) is 2.25. The highest BCUT2D eigenvalue weighted by Crippen LogP contribution is 2.21. The monoisotopic (exact) mass is 186 g/mol. The van der Waals surface area contributed by atoms with Gasteiger partial charge in [-0.1, -0.05) is 36.4 Å². The van der Waals surface area contributed by atoms with Crippen LogP contribution in [0.25, 0.3) is 0 Å². The van der Waals surface area contributed by atoms with E-state index in [9.17, 15) is 9.90 Å². The highest BCUT2D eigenvalue weighted by molar-refractivity contribution is 5.35. The predicted molar refractivity (Wildman–Crippen MR) is 55.4 cm³/mol. The Morgan fingerprint density at radius 1 is 1.00 bits per heavy atom. The Bertz CT molecular complexity index is 446. The van der Waals surface area contributed by atoms with Crippen LogP contribution in [0.3, 0.4) is 0 Å². The molecule has 0 fully saturated rings. The zero-order valence-electron chi connectivity index (χ0n) is 7.55. The van der Waals surface area contributed by atoms with Gasteiger partial charge in [0.15, 0.2) is 5.75 Å².